The number of benzene rings is 3. The molecule has 1 amide bonds. The number of halogens is 1. The van der Waals surface area contributed by atoms with Gasteiger partial charge in [-0.15, -0.1) is 10.2 Å². The first-order valence-corrected chi connectivity index (χ1v) is 18.9. The summed E-state index contributed by atoms with van der Waals surface area (Å²) in [6, 6.07) is 16.1. The molecular formula is C31H37IN6O9S2. The molecule has 264 valence electrons. The van der Waals surface area contributed by atoms with Gasteiger partial charge in [0.25, 0.3) is 0 Å². The predicted octanol–water partition coefficient (Wildman–Crippen LogP) is 3.54. The van der Waals surface area contributed by atoms with Gasteiger partial charge in [-0.2, -0.15) is 9.52 Å². The molecule has 1 atom stereocenters. The zero-order valence-electron chi connectivity index (χ0n) is 27.4. The molecule has 0 saturated carbocycles. The van der Waals surface area contributed by atoms with E-state index in [1.165, 1.54) is 26.4 Å². The lowest BCUT2D eigenvalue weighted by Crippen LogP contribution is -2.39. The Morgan fingerprint density at radius 2 is 1.49 bits per heavy atom. The van der Waals surface area contributed by atoms with Crippen LogP contribution in [0, 0.1) is 3.57 Å². The SMILES string of the molecule is COc1ccc(CN(Cc2ccc(OC)cc2)S(=O)(=O)c2c(S(=O)(=O)C[C@@H](O)CNC(=O)OC(C)(C)C)ccc(I)c2-c2nn[nH]n2)cc1. The average Bonchev–Trinajstić information content (AvgIpc) is 3.57. The Kier molecular flexibility index (Phi) is 12.2. The third-order valence-electron chi connectivity index (χ3n) is 6.90. The van der Waals surface area contributed by atoms with E-state index in [0.29, 0.717) is 26.2 Å². The lowest BCUT2D eigenvalue weighted by molar-refractivity contribution is 0.0498. The van der Waals surface area contributed by atoms with Crippen molar-refractivity contribution in [3.63, 3.8) is 0 Å². The molecule has 0 radical (unpaired) electrons. The van der Waals surface area contributed by atoms with Crippen LogP contribution in [0.15, 0.2) is 70.5 Å². The molecule has 49 heavy (non-hydrogen) atoms. The number of hydrogen-bond acceptors (Lipinski definition) is 12. The van der Waals surface area contributed by atoms with E-state index in [1.807, 2.05) is 22.6 Å². The van der Waals surface area contributed by atoms with E-state index in [2.05, 4.69) is 25.9 Å². The highest BCUT2D eigenvalue weighted by atomic mass is 127. The quantitative estimate of drug-likeness (QED) is 0.156. The summed E-state index contributed by atoms with van der Waals surface area (Å²) < 4.78 is 75.0. The standard InChI is InChI=1S/C31H37IN6O9S2/c1-31(2,3)47-30(40)33-16-22(39)19-48(41,42)26-15-14-25(32)27(29-34-36-37-35-29)28(26)49(43,44)38(17-20-6-10-23(45-4)11-7-20)18-21-8-12-24(46-5)13-9-21/h6-15,22,39H,16-19H2,1-5H3,(H,33,40)(H,34,35,36,37)/t22-/m0/s1. The number of aromatic amines is 1. The highest BCUT2D eigenvalue weighted by molar-refractivity contribution is 14.1. The number of rotatable bonds is 14. The molecule has 4 aromatic rings. The lowest BCUT2D eigenvalue weighted by Gasteiger charge is -2.26. The zero-order chi connectivity index (χ0) is 36.0. The molecule has 0 saturated heterocycles. The maximum atomic E-state index is 14.9. The summed E-state index contributed by atoms with van der Waals surface area (Å²) in [4.78, 5) is 11.0. The van der Waals surface area contributed by atoms with Gasteiger partial charge in [0.2, 0.25) is 15.8 Å². The van der Waals surface area contributed by atoms with Gasteiger partial charge in [0, 0.05) is 23.2 Å². The number of H-pyrrole nitrogens is 1. The summed E-state index contributed by atoms with van der Waals surface area (Å²) in [5, 5.41) is 26.9. The van der Waals surface area contributed by atoms with Crippen molar-refractivity contribution in [3.8, 4) is 22.9 Å². The number of alkyl carbamates (subject to hydrolysis) is 1. The minimum absolute atomic E-state index is 0.0914. The summed E-state index contributed by atoms with van der Waals surface area (Å²) in [5.41, 5.74) is 0.280. The second-order valence-corrected chi connectivity index (χ2v) is 16.8. The Morgan fingerprint density at radius 3 is 1.96 bits per heavy atom. The van der Waals surface area contributed by atoms with Crippen LogP contribution in [0.2, 0.25) is 0 Å². The Labute approximate surface area is 298 Å². The largest absolute Gasteiger partial charge is 0.497 e. The van der Waals surface area contributed by atoms with E-state index in [1.54, 1.807) is 69.3 Å². The molecule has 15 nitrogen and oxygen atoms in total. The molecule has 1 aromatic heterocycles. The summed E-state index contributed by atoms with van der Waals surface area (Å²) in [6.45, 7) is 4.18. The van der Waals surface area contributed by atoms with Crippen molar-refractivity contribution >= 4 is 48.5 Å². The van der Waals surface area contributed by atoms with Gasteiger partial charge in [-0.05, 0) is 96.1 Å². The van der Waals surface area contributed by atoms with E-state index < -0.39 is 59.7 Å². The monoisotopic (exact) mass is 828 g/mol. The van der Waals surface area contributed by atoms with Crippen molar-refractivity contribution in [2.45, 2.75) is 55.4 Å². The number of nitrogens with zero attached hydrogens (tertiary/aromatic N) is 4. The number of nitrogens with one attached hydrogen (secondary N) is 2. The van der Waals surface area contributed by atoms with Gasteiger partial charge in [0.15, 0.2) is 9.84 Å². The van der Waals surface area contributed by atoms with Gasteiger partial charge < -0.3 is 24.6 Å². The third-order valence-corrected chi connectivity index (χ3v) is 11.6. The molecule has 0 fully saturated rings. The maximum absolute atomic E-state index is 14.9. The van der Waals surface area contributed by atoms with Gasteiger partial charge in [-0.3, -0.25) is 0 Å². The van der Waals surface area contributed by atoms with E-state index in [0.717, 1.165) is 4.31 Å². The number of carbonyl (C=O) groups excluding carboxylic acids is 1. The van der Waals surface area contributed by atoms with E-state index in [-0.39, 0.29) is 24.5 Å². The molecule has 4 rings (SSSR count). The Balaban J connectivity index is 1.82. The first-order chi connectivity index (χ1) is 23.0. The second kappa shape index (κ2) is 15.8. The van der Waals surface area contributed by atoms with Gasteiger partial charge >= 0.3 is 6.09 Å². The summed E-state index contributed by atoms with van der Waals surface area (Å²) in [7, 11) is -6.24. The van der Waals surface area contributed by atoms with Crippen molar-refractivity contribution in [3.05, 3.63) is 75.4 Å². The zero-order valence-corrected chi connectivity index (χ0v) is 31.2. The van der Waals surface area contributed by atoms with Gasteiger partial charge in [0.1, 0.15) is 22.0 Å². The highest BCUT2D eigenvalue weighted by Crippen LogP contribution is 2.38. The molecule has 0 aliphatic heterocycles. The Bertz CT molecular complexity index is 1900. The van der Waals surface area contributed by atoms with Crippen molar-refractivity contribution in [1.29, 1.82) is 0 Å². The molecular weight excluding hydrogens is 791 g/mol. The van der Waals surface area contributed by atoms with Crippen LogP contribution in [0.1, 0.15) is 31.9 Å². The lowest BCUT2D eigenvalue weighted by atomic mass is 10.2. The number of aliphatic hydroxyl groups excluding tert-OH is 1. The minimum Gasteiger partial charge on any atom is -0.497 e. The number of hydrogen-bond donors (Lipinski definition) is 3. The van der Waals surface area contributed by atoms with Crippen LogP contribution in [-0.2, 0) is 37.7 Å². The maximum Gasteiger partial charge on any atom is 0.407 e. The van der Waals surface area contributed by atoms with Crippen LogP contribution in [0.25, 0.3) is 11.4 Å². The third kappa shape index (κ3) is 9.87. The highest BCUT2D eigenvalue weighted by Gasteiger charge is 2.37. The number of aromatic nitrogens is 4. The van der Waals surface area contributed by atoms with Crippen LogP contribution < -0.4 is 14.8 Å². The second-order valence-electron chi connectivity index (χ2n) is 11.8. The number of ether oxygens (including phenoxy) is 3. The first kappa shape index (κ1) is 38.0. The van der Waals surface area contributed by atoms with Crippen LogP contribution in [0.3, 0.4) is 0 Å². The normalized spacial score (nSPS) is 12.8. The number of aliphatic hydroxyl groups is 1. The van der Waals surface area contributed by atoms with Crippen LogP contribution in [0.5, 0.6) is 11.5 Å². The predicted molar refractivity (Wildman–Crippen MR) is 187 cm³/mol. The molecule has 3 N–H and O–H groups in total. The van der Waals surface area contributed by atoms with E-state index >= 15 is 0 Å². The van der Waals surface area contributed by atoms with Gasteiger partial charge in [-0.1, -0.05) is 24.3 Å². The molecule has 0 bridgehead atoms. The van der Waals surface area contributed by atoms with Crippen molar-refractivity contribution < 1.29 is 40.9 Å². The van der Waals surface area contributed by atoms with E-state index in [9.17, 15) is 26.7 Å². The molecule has 0 aliphatic carbocycles. The first-order valence-electron chi connectivity index (χ1n) is 14.7. The fourth-order valence-corrected chi connectivity index (χ4v) is 9.37. The van der Waals surface area contributed by atoms with Crippen LogP contribution in [0.4, 0.5) is 4.79 Å². The fraction of sp³-hybridized carbons (Fsp3) is 0.355. The molecule has 0 aliphatic rings. The van der Waals surface area contributed by atoms with Crippen molar-refractivity contribution in [2.24, 2.45) is 0 Å². The molecule has 1 heterocycles. The summed E-state index contributed by atoms with van der Waals surface area (Å²) in [6.07, 6.45) is -2.47. The molecule has 3 aromatic carbocycles. The number of amides is 1. The fourth-order valence-electron chi connectivity index (χ4n) is 4.66. The Hall–Kier alpha value is -3.85. The number of methoxy groups -OCH3 is 2. The number of sulfonamides is 1. The molecule has 18 heteroatoms. The molecule has 0 unspecified atom stereocenters. The summed E-state index contributed by atoms with van der Waals surface area (Å²) >= 11 is 1.88. The average molecular weight is 829 g/mol. The van der Waals surface area contributed by atoms with Crippen LogP contribution >= 0.6 is 22.6 Å². The van der Waals surface area contributed by atoms with Crippen molar-refractivity contribution in [2.75, 3.05) is 26.5 Å². The van der Waals surface area contributed by atoms with E-state index in [4.69, 9.17) is 14.2 Å². The van der Waals surface area contributed by atoms with Gasteiger partial charge in [0.05, 0.1) is 36.5 Å². The summed E-state index contributed by atoms with van der Waals surface area (Å²) in [5.74, 6) is 0.0620. The van der Waals surface area contributed by atoms with Gasteiger partial charge in [-0.25, -0.2) is 21.6 Å². The molecule has 0 spiro atoms. The smallest absolute Gasteiger partial charge is 0.407 e. The number of tetrazole rings is 1. The topological polar surface area (TPSA) is 203 Å². The number of carbonyl (C=O) groups is 1. The Morgan fingerprint density at radius 1 is 0.939 bits per heavy atom. The minimum atomic E-state index is -4.71. The number of sulfone groups is 1. The van der Waals surface area contributed by atoms with Crippen molar-refractivity contribution in [1.82, 2.24) is 30.2 Å². The van der Waals surface area contributed by atoms with Crippen LogP contribution in [-0.4, -0.2) is 91.2 Å².